The number of nitrogens with zero attached hydrogens (tertiary/aromatic N) is 3. The van der Waals surface area contributed by atoms with Crippen molar-refractivity contribution in [3.63, 3.8) is 0 Å². The number of anilines is 1. The fourth-order valence-electron chi connectivity index (χ4n) is 4.59. The molecule has 5 nitrogen and oxygen atoms in total. The van der Waals surface area contributed by atoms with Gasteiger partial charge in [0.2, 0.25) is 0 Å². The molecule has 2 aliphatic rings. The largest absolute Gasteiger partial charge is 0.480 e. The van der Waals surface area contributed by atoms with Crippen molar-refractivity contribution in [2.75, 3.05) is 44.2 Å². The molecule has 1 aromatic carbocycles. The quantitative estimate of drug-likeness (QED) is 0.787. The van der Waals surface area contributed by atoms with Gasteiger partial charge in [-0.15, -0.1) is 0 Å². The zero-order chi connectivity index (χ0) is 18.7. The number of carbonyl (C=O) groups is 1. The molecule has 2 aliphatic heterocycles. The molecule has 1 aromatic rings. The highest BCUT2D eigenvalue weighted by Gasteiger charge is 2.31. The second kappa shape index (κ2) is 8.72. The molecule has 0 aliphatic carbocycles. The zero-order valence-electron chi connectivity index (χ0n) is 15.8. The molecule has 2 heterocycles. The lowest BCUT2D eigenvalue weighted by molar-refractivity contribution is -0.138. The van der Waals surface area contributed by atoms with E-state index in [-0.39, 0.29) is 6.54 Å². The predicted molar refractivity (Wildman–Crippen MR) is 109 cm³/mol. The Kier molecular flexibility index (Phi) is 6.59. The van der Waals surface area contributed by atoms with E-state index >= 15 is 0 Å². The van der Waals surface area contributed by atoms with Gasteiger partial charge < -0.3 is 10.0 Å². The van der Waals surface area contributed by atoms with Gasteiger partial charge in [0.1, 0.15) is 0 Å². The van der Waals surface area contributed by atoms with Crippen LogP contribution in [0.1, 0.15) is 26.7 Å². The van der Waals surface area contributed by atoms with E-state index in [9.17, 15) is 4.79 Å². The molecule has 0 amide bonds. The van der Waals surface area contributed by atoms with Gasteiger partial charge in [-0.25, -0.2) is 0 Å². The Morgan fingerprint density at radius 3 is 2.19 bits per heavy atom. The lowest BCUT2D eigenvalue weighted by Gasteiger charge is -2.47. The van der Waals surface area contributed by atoms with Crippen molar-refractivity contribution in [2.24, 2.45) is 5.92 Å². The van der Waals surface area contributed by atoms with Crippen LogP contribution >= 0.6 is 15.9 Å². The molecule has 26 heavy (non-hydrogen) atoms. The summed E-state index contributed by atoms with van der Waals surface area (Å²) >= 11 is 3.52. The van der Waals surface area contributed by atoms with Gasteiger partial charge in [0, 0.05) is 41.9 Å². The Morgan fingerprint density at radius 2 is 1.65 bits per heavy atom. The maximum atomic E-state index is 10.8. The highest BCUT2D eigenvalue weighted by atomic mass is 79.9. The van der Waals surface area contributed by atoms with Gasteiger partial charge in [-0.3, -0.25) is 14.6 Å². The maximum absolute atomic E-state index is 10.8. The highest BCUT2D eigenvalue weighted by molar-refractivity contribution is 9.10. The Hall–Kier alpha value is -1.11. The number of hydrogen-bond donors (Lipinski definition) is 1. The first-order valence-electron chi connectivity index (χ1n) is 9.62. The highest BCUT2D eigenvalue weighted by Crippen LogP contribution is 2.27. The van der Waals surface area contributed by atoms with Gasteiger partial charge in [0.25, 0.3) is 0 Å². The maximum Gasteiger partial charge on any atom is 0.317 e. The number of aliphatic carboxylic acids is 1. The van der Waals surface area contributed by atoms with Crippen LogP contribution in [0.25, 0.3) is 0 Å². The van der Waals surface area contributed by atoms with Crippen LogP contribution in [-0.2, 0) is 4.79 Å². The topological polar surface area (TPSA) is 47.0 Å². The smallest absolute Gasteiger partial charge is 0.317 e. The number of benzene rings is 1. The SMILES string of the molecule is C[C@@H]1CN(CC2CCN(CC(=O)O)CC2)C[C@H](C)N1c1ccc(Br)cc1. The Morgan fingerprint density at radius 1 is 1.08 bits per heavy atom. The molecular formula is C20H30BrN3O2. The average Bonchev–Trinajstić information content (AvgIpc) is 2.57. The summed E-state index contributed by atoms with van der Waals surface area (Å²) in [6.45, 7) is 9.99. The van der Waals surface area contributed by atoms with Gasteiger partial charge in [-0.1, -0.05) is 15.9 Å². The fourth-order valence-corrected chi connectivity index (χ4v) is 4.85. The monoisotopic (exact) mass is 423 g/mol. The van der Waals surface area contributed by atoms with Crippen molar-refractivity contribution >= 4 is 27.6 Å². The summed E-state index contributed by atoms with van der Waals surface area (Å²) in [4.78, 5) is 18.1. The van der Waals surface area contributed by atoms with E-state index in [1.54, 1.807) is 0 Å². The molecule has 0 radical (unpaired) electrons. The molecule has 2 saturated heterocycles. The second-order valence-electron chi connectivity index (χ2n) is 7.91. The summed E-state index contributed by atoms with van der Waals surface area (Å²) in [5.41, 5.74) is 1.30. The first-order valence-corrected chi connectivity index (χ1v) is 10.4. The number of likely N-dealkylation sites (tertiary alicyclic amines) is 1. The van der Waals surface area contributed by atoms with Crippen LogP contribution in [0.3, 0.4) is 0 Å². The number of piperidine rings is 1. The molecule has 0 unspecified atom stereocenters. The van der Waals surface area contributed by atoms with Gasteiger partial charge >= 0.3 is 5.97 Å². The van der Waals surface area contributed by atoms with Crippen LogP contribution in [0.5, 0.6) is 0 Å². The molecule has 144 valence electrons. The Balaban J connectivity index is 1.51. The second-order valence-corrected chi connectivity index (χ2v) is 8.83. The summed E-state index contributed by atoms with van der Waals surface area (Å²) in [5.74, 6) is -0.0196. The molecule has 3 rings (SSSR count). The van der Waals surface area contributed by atoms with Crippen LogP contribution in [0.15, 0.2) is 28.7 Å². The van der Waals surface area contributed by atoms with Crippen molar-refractivity contribution in [3.8, 4) is 0 Å². The number of halogens is 1. The third-order valence-electron chi connectivity index (χ3n) is 5.70. The van der Waals surface area contributed by atoms with Crippen molar-refractivity contribution in [1.29, 1.82) is 0 Å². The first-order chi connectivity index (χ1) is 12.4. The molecule has 0 bridgehead atoms. The third kappa shape index (κ3) is 4.99. The molecule has 6 heteroatoms. The van der Waals surface area contributed by atoms with E-state index in [4.69, 9.17) is 5.11 Å². The average molecular weight is 424 g/mol. The van der Waals surface area contributed by atoms with E-state index in [0.717, 1.165) is 50.0 Å². The lowest BCUT2D eigenvalue weighted by atomic mass is 9.95. The van der Waals surface area contributed by atoms with Crippen molar-refractivity contribution < 1.29 is 9.90 Å². The van der Waals surface area contributed by atoms with E-state index in [2.05, 4.69) is 68.7 Å². The molecule has 0 spiro atoms. The number of piperazine rings is 1. The number of rotatable bonds is 5. The molecule has 2 atom stereocenters. The zero-order valence-corrected chi connectivity index (χ0v) is 17.4. The minimum Gasteiger partial charge on any atom is -0.480 e. The standard InChI is InChI=1S/C20H30BrN3O2/c1-15-11-23(13-17-7-9-22(10-8-17)14-20(25)26)12-16(2)24(15)19-5-3-18(21)4-6-19/h3-6,15-17H,7-14H2,1-2H3,(H,25,26)/t15-,16+. The third-order valence-corrected chi connectivity index (χ3v) is 6.23. The normalized spacial score (nSPS) is 26.2. The van der Waals surface area contributed by atoms with Gasteiger partial charge in [-0.05, 0) is 70.0 Å². The van der Waals surface area contributed by atoms with Crippen LogP contribution in [-0.4, -0.2) is 72.2 Å². The lowest BCUT2D eigenvalue weighted by Crippen LogP contribution is -2.58. The molecular weight excluding hydrogens is 394 g/mol. The van der Waals surface area contributed by atoms with Crippen molar-refractivity contribution in [3.05, 3.63) is 28.7 Å². The molecule has 2 fully saturated rings. The van der Waals surface area contributed by atoms with Crippen molar-refractivity contribution in [2.45, 2.75) is 38.8 Å². The summed E-state index contributed by atoms with van der Waals surface area (Å²) < 4.78 is 1.12. The molecule has 0 saturated carbocycles. The van der Waals surface area contributed by atoms with E-state index < -0.39 is 5.97 Å². The Bertz CT molecular complexity index is 590. The molecule has 0 aromatic heterocycles. The summed E-state index contributed by atoms with van der Waals surface area (Å²) in [7, 11) is 0. The summed E-state index contributed by atoms with van der Waals surface area (Å²) in [6.07, 6.45) is 2.23. The summed E-state index contributed by atoms with van der Waals surface area (Å²) in [5, 5.41) is 8.93. The van der Waals surface area contributed by atoms with Gasteiger partial charge in [0.05, 0.1) is 6.54 Å². The van der Waals surface area contributed by atoms with E-state index in [1.807, 2.05) is 0 Å². The van der Waals surface area contributed by atoms with Gasteiger partial charge in [0.15, 0.2) is 0 Å². The number of carboxylic acid groups (broad SMARTS) is 1. The van der Waals surface area contributed by atoms with Crippen molar-refractivity contribution in [1.82, 2.24) is 9.80 Å². The fraction of sp³-hybridized carbons (Fsp3) is 0.650. The molecule has 1 N–H and O–H groups in total. The minimum absolute atomic E-state index is 0.187. The predicted octanol–water partition coefficient (Wildman–Crippen LogP) is 3.14. The first kappa shape index (κ1) is 19.6. The van der Waals surface area contributed by atoms with E-state index in [1.165, 1.54) is 5.69 Å². The number of hydrogen-bond acceptors (Lipinski definition) is 4. The van der Waals surface area contributed by atoms with Crippen LogP contribution in [0.2, 0.25) is 0 Å². The Labute approximate surface area is 165 Å². The van der Waals surface area contributed by atoms with E-state index in [0.29, 0.717) is 18.0 Å². The van der Waals surface area contributed by atoms with Crippen LogP contribution < -0.4 is 4.90 Å². The number of carboxylic acids is 1. The van der Waals surface area contributed by atoms with Crippen LogP contribution in [0.4, 0.5) is 5.69 Å². The van der Waals surface area contributed by atoms with Crippen LogP contribution in [0, 0.1) is 5.92 Å². The summed E-state index contributed by atoms with van der Waals surface area (Å²) in [6, 6.07) is 9.62. The minimum atomic E-state index is -0.713. The van der Waals surface area contributed by atoms with Gasteiger partial charge in [-0.2, -0.15) is 0 Å².